The summed E-state index contributed by atoms with van der Waals surface area (Å²) in [4.78, 5) is 23.3. The lowest BCUT2D eigenvalue weighted by Crippen LogP contribution is -2.38. The summed E-state index contributed by atoms with van der Waals surface area (Å²) < 4.78 is 0.346. The Labute approximate surface area is 123 Å². The lowest BCUT2D eigenvalue weighted by atomic mass is 10.1. The van der Waals surface area contributed by atoms with E-state index in [1.165, 1.54) is 6.07 Å². The van der Waals surface area contributed by atoms with Crippen molar-refractivity contribution in [3.63, 3.8) is 0 Å². The number of piperidine rings is 1. The van der Waals surface area contributed by atoms with Crippen molar-refractivity contribution in [2.75, 3.05) is 18.0 Å². The average Bonchev–Trinajstić information content (AvgIpc) is 2.37. The number of hydrogen-bond acceptors (Lipinski definition) is 5. The molecule has 1 aromatic carbocycles. The van der Waals surface area contributed by atoms with E-state index in [1.54, 1.807) is 4.90 Å². The van der Waals surface area contributed by atoms with Crippen LogP contribution in [-0.4, -0.2) is 40.3 Å². The number of nitro benzene ring substituents is 1. The molecule has 1 aliphatic heterocycles. The fourth-order valence-electron chi connectivity index (χ4n) is 2.32. The Morgan fingerprint density at radius 2 is 2.20 bits per heavy atom. The van der Waals surface area contributed by atoms with Gasteiger partial charge in [-0.3, -0.25) is 10.1 Å². The number of anilines is 1. The SMILES string of the molecule is O=C(O)c1cc(Br)c(N2CCCC(O)C2)c([N+](=O)[O-])c1. The fraction of sp³-hybridized carbons (Fsp3) is 0.417. The number of rotatable bonds is 3. The minimum absolute atomic E-state index is 0.148. The summed E-state index contributed by atoms with van der Waals surface area (Å²) >= 11 is 3.20. The van der Waals surface area contributed by atoms with E-state index in [-0.39, 0.29) is 11.3 Å². The third-order valence-electron chi connectivity index (χ3n) is 3.20. The van der Waals surface area contributed by atoms with E-state index in [9.17, 15) is 20.0 Å². The number of benzene rings is 1. The maximum Gasteiger partial charge on any atom is 0.335 e. The molecule has 1 fully saturated rings. The number of halogens is 1. The lowest BCUT2D eigenvalue weighted by molar-refractivity contribution is -0.384. The van der Waals surface area contributed by atoms with Gasteiger partial charge in [0.15, 0.2) is 0 Å². The molecular weight excluding hydrogens is 332 g/mol. The van der Waals surface area contributed by atoms with Crippen LogP contribution in [0.15, 0.2) is 16.6 Å². The largest absolute Gasteiger partial charge is 0.478 e. The molecule has 1 unspecified atom stereocenters. The highest BCUT2D eigenvalue weighted by atomic mass is 79.9. The Morgan fingerprint density at radius 1 is 1.50 bits per heavy atom. The highest BCUT2D eigenvalue weighted by Crippen LogP contribution is 2.38. The van der Waals surface area contributed by atoms with Gasteiger partial charge in [-0.2, -0.15) is 0 Å². The molecule has 0 radical (unpaired) electrons. The third-order valence-corrected chi connectivity index (χ3v) is 3.80. The summed E-state index contributed by atoms with van der Waals surface area (Å²) in [5.41, 5.74) is -0.102. The Balaban J connectivity index is 2.50. The van der Waals surface area contributed by atoms with E-state index in [0.29, 0.717) is 29.7 Å². The molecule has 0 amide bonds. The zero-order valence-electron chi connectivity index (χ0n) is 10.5. The van der Waals surface area contributed by atoms with E-state index in [0.717, 1.165) is 12.5 Å². The number of aliphatic hydroxyl groups is 1. The number of carboxylic acid groups (broad SMARTS) is 1. The van der Waals surface area contributed by atoms with Crippen LogP contribution in [0, 0.1) is 10.1 Å². The van der Waals surface area contributed by atoms with Crippen LogP contribution in [0.5, 0.6) is 0 Å². The van der Waals surface area contributed by atoms with Gasteiger partial charge < -0.3 is 15.1 Å². The van der Waals surface area contributed by atoms with Crippen LogP contribution in [0.2, 0.25) is 0 Å². The van der Waals surface area contributed by atoms with Gasteiger partial charge in [0, 0.05) is 23.6 Å². The van der Waals surface area contributed by atoms with Crippen LogP contribution in [0.25, 0.3) is 0 Å². The van der Waals surface area contributed by atoms with Gasteiger partial charge in [-0.15, -0.1) is 0 Å². The van der Waals surface area contributed by atoms with E-state index in [1.807, 2.05) is 0 Å². The van der Waals surface area contributed by atoms with E-state index in [2.05, 4.69) is 15.9 Å². The molecule has 8 heteroatoms. The van der Waals surface area contributed by atoms with Gasteiger partial charge in [-0.05, 0) is 34.8 Å². The van der Waals surface area contributed by atoms with Crippen LogP contribution in [0.1, 0.15) is 23.2 Å². The van der Waals surface area contributed by atoms with Gasteiger partial charge in [-0.1, -0.05) is 0 Å². The molecule has 1 aromatic rings. The number of aromatic carboxylic acids is 1. The van der Waals surface area contributed by atoms with Crippen molar-refractivity contribution in [3.8, 4) is 0 Å². The summed E-state index contributed by atoms with van der Waals surface area (Å²) in [5, 5.41) is 29.8. The number of hydrogen-bond donors (Lipinski definition) is 2. The number of aliphatic hydroxyl groups excluding tert-OH is 1. The van der Waals surface area contributed by atoms with E-state index >= 15 is 0 Å². The van der Waals surface area contributed by atoms with Crippen LogP contribution >= 0.6 is 15.9 Å². The molecule has 7 nitrogen and oxygen atoms in total. The molecule has 1 aliphatic rings. The Kier molecular flexibility index (Phi) is 4.24. The van der Waals surface area contributed by atoms with Gasteiger partial charge in [0.25, 0.3) is 5.69 Å². The number of β-amino-alcohol motifs (C(OH)–C–C–N with tert-alkyl or cyclic N) is 1. The molecular formula is C12H13BrN2O5. The van der Waals surface area contributed by atoms with Gasteiger partial charge in [0.2, 0.25) is 0 Å². The summed E-state index contributed by atoms with van der Waals surface area (Å²) in [6, 6.07) is 2.38. The van der Waals surface area contributed by atoms with Crippen molar-refractivity contribution in [2.24, 2.45) is 0 Å². The van der Waals surface area contributed by atoms with Crippen molar-refractivity contribution in [1.82, 2.24) is 0 Å². The summed E-state index contributed by atoms with van der Waals surface area (Å²) in [5.74, 6) is -1.22. The number of nitrogens with zero attached hydrogens (tertiary/aromatic N) is 2. The molecule has 1 atom stereocenters. The second kappa shape index (κ2) is 5.76. The molecule has 0 aromatic heterocycles. The highest BCUT2D eigenvalue weighted by Gasteiger charge is 2.28. The maximum absolute atomic E-state index is 11.2. The first-order chi connectivity index (χ1) is 9.40. The first kappa shape index (κ1) is 14.7. The Bertz CT molecular complexity index is 563. The smallest absolute Gasteiger partial charge is 0.335 e. The lowest BCUT2D eigenvalue weighted by Gasteiger charge is -2.32. The van der Waals surface area contributed by atoms with Crippen molar-refractivity contribution in [1.29, 1.82) is 0 Å². The van der Waals surface area contributed by atoms with Crippen LogP contribution in [0.4, 0.5) is 11.4 Å². The molecule has 0 saturated carbocycles. The van der Waals surface area contributed by atoms with E-state index in [4.69, 9.17) is 5.11 Å². The number of carbonyl (C=O) groups is 1. The average molecular weight is 345 g/mol. The molecule has 2 N–H and O–H groups in total. The molecule has 0 spiro atoms. The van der Waals surface area contributed by atoms with Crippen LogP contribution in [0.3, 0.4) is 0 Å². The molecule has 0 bridgehead atoms. The van der Waals surface area contributed by atoms with Gasteiger partial charge in [-0.25, -0.2) is 4.79 Å². The summed E-state index contributed by atoms with van der Waals surface area (Å²) in [6.45, 7) is 0.884. The van der Waals surface area contributed by atoms with Crippen molar-refractivity contribution in [3.05, 3.63) is 32.3 Å². The van der Waals surface area contributed by atoms with Gasteiger partial charge >= 0.3 is 5.97 Å². The highest BCUT2D eigenvalue weighted by molar-refractivity contribution is 9.10. The predicted octanol–water partition coefficient (Wildman–Crippen LogP) is 2.02. The quantitative estimate of drug-likeness (QED) is 0.642. The minimum atomic E-state index is -1.22. The molecule has 1 heterocycles. The molecule has 2 rings (SSSR count). The van der Waals surface area contributed by atoms with Crippen molar-refractivity contribution >= 4 is 33.3 Å². The topological polar surface area (TPSA) is 104 Å². The monoisotopic (exact) mass is 344 g/mol. The van der Waals surface area contributed by atoms with Crippen molar-refractivity contribution in [2.45, 2.75) is 18.9 Å². The third kappa shape index (κ3) is 2.91. The predicted molar refractivity (Wildman–Crippen MR) is 75.2 cm³/mol. The molecule has 20 heavy (non-hydrogen) atoms. The van der Waals surface area contributed by atoms with Crippen molar-refractivity contribution < 1.29 is 19.9 Å². The maximum atomic E-state index is 11.2. The van der Waals surface area contributed by atoms with Gasteiger partial charge in [0.05, 0.1) is 16.6 Å². The number of carboxylic acids is 1. The number of nitro groups is 1. The molecule has 0 aliphatic carbocycles. The van der Waals surface area contributed by atoms with Crippen LogP contribution < -0.4 is 4.90 Å². The van der Waals surface area contributed by atoms with Gasteiger partial charge in [0.1, 0.15) is 5.69 Å². The zero-order chi connectivity index (χ0) is 14.9. The fourth-order valence-corrected chi connectivity index (χ4v) is 3.02. The second-order valence-corrected chi connectivity index (χ2v) is 5.48. The standard InChI is InChI=1S/C12H13BrN2O5/c13-9-4-7(12(17)18)5-10(15(19)20)11(9)14-3-1-2-8(16)6-14/h4-5,8,16H,1-3,6H2,(H,17,18). The Hall–Kier alpha value is -1.67. The molecule has 1 saturated heterocycles. The normalized spacial score (nSPS) is 18.9. The minimum Gasteiger partial charge on any atom is -0.478 e. The first-order valence-corrected chi connectivity index (χ1v) is 6.83. The first-order valence-electron chi connectivity index (χ1n) is 6.04. The Morgan fingerprint density at radius 3 is 2.75 bits per heavy atom. The van der Waals surface area contributed by atoms with E-state index < -0.39 is 17.0 Å². The summed E-state index contributed by atoms with van der Waals surface area (Å²) in [7, 11) is 0. The zero-order valence-corrected chi connectivity index (χ0v) is 12.0. The second-order valence-electron chi connectivity index (χ2n) is 4.63. The molecule has 108 valence electrons. The van der Waals surface area contributed by atoms with Crippen LogP contribution in [-0.2, 0) is 0 Å². The summed E-state index contributed by atoms with van der Waals surface area (Å²) in [6.07, 6.45) is 0.856.